The predicted molar refractivity (Wildman–Crippen MR) is 174 cm³/mol. The van der Waals surface area contributed by atoms with Gasteiger partial charge >= 0.3 is 0 Å². The lowest BCUT2D eigenvalue weighted by Crippen LogP contribution is -2.37. The second kappa shape index (κ2) is 25.0. The molecule has 5 nitrogen and oxygen atoms in total. The Kier molecular flexibility index (Phi) is 25.8. The van der Waals surface area contributed by atoms with E-state index < -0.39 is 0 Å². The van der Waals surface area contributed by atoms with Crippen LogP contribution in [0.4, 0.5) is 0 Å². The number of allylic oxidation sites excluding steroid dienone is 1. The van der Waals surface area contributed by atoms with Crippen molar-refractivity contribution in [3.8, 4) is 0 Å². The second-order valence-electron chi connectivity index (χ2n) is 9.76. The molecule has 0 aliphatic heterocycles. The molecular formula is C35H58N2O3. The van der Waals surface area contributed by atoms with Gasteiger partial charge in [0.25, 0.3) is 0 Å². The van der Waals surface area contributed by atoms with Crippen molar-refractivity contribution in [1.29, 1.82) is 0 Å². The van der Waals surface area contributed by atoms with Crippen LogP contribution in [0.2, 0.25) is 0 Å². The van der Waals surface area contributed by atoms with Crippen LogP contribution in [0.5, 0.6) is 0 Å². The zero-order valence-electron chi connectivity index (χ0n) is 27.3. The molecule has 0 radical (unpaired) electrons. The molecule has 2 unspecified atom stereocenters. The van der Waals surface area contributed by atoms with E-state index in [1.165, 1.54) is 29.2 Å². The number of carbonyl (C=O) groups is 3. The molecule has 0 aromatic heterocycles. The maximum absolute atomic E-state index is 11.8. The van der Waals surface area contributed by atoms with E-state index in [4.69, 9.17) is 5.73 Å². The molecular weight excluding hydrogens is 496 g/mol. The predicted octanol–water partition coefficient (Wildman–Crippen LogP) is 7.61. The molecule has 40 heavy (non-hydrogen) atoms. The number of aryl methyl sites for hydroxylation is 2. The summed E-state index contributed by atoms with van der Waals surface area (Å²) in [5.41, 5.74) is 10.2. The minimum absolute atomic E-state index is 0.0370. The Hall–Kier alpha value is -3.05. The van der Waals surface area contributed by atoms with Gasteiger partial charge in [-0.2, -0.15) is 0 Å². The zero-order valence-corrected chi connectivity index (χ0v) is 27.3. The molecule has 3 N–H and O–H groups in total. The summed E-state index contributed by atoms with van der Waals surface area (Å²) in [7, 11) is 1.71. The van der Waals surface area contributed by atoms with E-state index in [2.05, 4.69) is 75.1 Å². The van der Waals surface area contributed by atoms with Gasteiger partial charge in [-0.05, 0) is 70.1 Å². The van der Waals surface area contributed by atoms with Crippen LogP contribution in [0.3, 0.4) is 0 Å². The smallest absolute Gasteiger partial charge is 0.226 e. The third-order valence-corrected chi connectivity index (χ3v) is 5.98. The van der Waals surface area contributed by atoms with Crippen molar-refractivity contribution in [3.63, 3.8) is 0 Å². The molecule has 0 fully saturated rings. The van der Waals surface area contributed by atoms with Crippen LogP contribution in [0, 0.1) is 12.3 Å². The van der Waals surface area contributed by atoms with E-state index in [-0.39, 0.29) is 28.9 Å². The number of fused-ring (bicyclic) bond motifs is 1. The Balaban J connectivity index is -0.000000467. The molecule has 0 heterocycles. The SMILES string of the molecule is C=CCC.CC.CC(=O)C(C)N.CCC(C)=O.CCc1ccccc1.CNC(=O)C1(C)Cc2ccc(C)cc2C1. The summed E-state index contributed by atoms with van der Waals surface area (Å²) in [4.78, 5) is 31.6. The first-order chi connectivity index (χ1) is 18.8. The molecule has 2 aromatic rings. The first-order valence-corrected chi connectivity index (χ1v) is 14.5. The number of amides is 1. The average Bonchev–Trinajstić information content (AvgIpc) is 3.31. The summed E-state index contributed by atoms with van der Waals surface area (Å²) in [6.07, 6.45) is 6.49. The Morgan fingerprint density at radius 1 is 1.00 bits per heavy atom. The number of carbonyl (C=O) groups excluding carboxylic acids is 3. The van der Waals surface area contributed by atoms with Crippen molar-refractivity contribution in [1.82, 2.24) is 5.32 Å². The second-order valence-corrected chi connectivity index (χ2v) is 9.76. The summed E-state index contributed by atoms with van der Waals surface area (Å²) >= 11 is 0. The molecule has 0 spiro atoms. The lowest BCUT2D eigenvalue weighted by atomic mass is 9.86. The van der Waals surface area contributed by atoms with Crippen molar-refractivity contribution >= 4 is 17.5 Å². The third-order valence-electron chi connectivity index (χ3n) is 5.98. The Morgan fingerprint density at radius 2 is 1.45 bits per heavy atom. The van der Waals surface area contributed by atoms with E-state index >= 15 is 0 Å². The van der Waals surface area contributed by atoms with Gasteiger partial charge in [-0.3, -0.25) is 9.59 Å². The lowest BCUT2D eigenvalue weighted by molar-refractivity contribution is -0.129. The highest BCUT2D eigenvalue weighted by molar-refractivity contribution is 5.83. The molecule has 0 bridgehead atoms. The Labute approximate surface area is 246 Å². The average molecular weight is 555 g/mol. The normalized spacial score (nSPS) is 14.5. The highest BCUT2D eigenvalue weighted by Gasteiger charge is 2.38. The van der Waals surface area contributed by atoms with Crippen molar-refractivity contribution in [2.45, 2.75) is 107 Å². The van der Waals surface area contributed by atoms with Crippen LogP contribution >= 0.6 is 0 Å². The fraction of sp³-hybridized carbons (Fsp3) is 0.514. The summed E-state index contributed by atoms with van der Waals surface area (Å²) < 4.78 is 0. The molecule has 3 rings (SSSR count). The maximum Gasteiger partial charge on any atom is 0.226 e. The molecule has 2 aromatic carbocycles. The van der Waals surface area contributed by atoms with Crippen LogP contribution in [0.15, 0.2) is 61.2 Å². The van der Waals surface area contributed by atoms with Gasteiger partial charge in [0.05, 0.1) is 11.5 Å². The summed E-state index contributed by atoms with van der Waals surface area (Å²) in [5.74, 6) is 0.441. The third kappa shape index (κ3) is 19.9. The molecule has 1 amide bonds. The van der Waals surface area contributed by atoms with Gasteiger partial charge < -0.3 is 15.8 Å². The van der Waals surface area contributed by atoms with Crippen LogP contribution in [-0.2, 0) is 33.6 Å². The number of rotatable bonds is 5. The quantitative estimate of drug-likeness (QED) is 0.372. The highest BCUT2D eigenvalue weighted by atomic mass is 16.2. The van der Waals surface area contributed by atoms with Crippen molar-refractivity contribution in [2.75, 3.05) is 7.05 Å². The molecule has 226 valence electrons. The maximum atomic E-state index is 11.8. The number of ketones is 2. The van der Waals surface area contributed by atoms with E-state index in [9.17, 15) is 14.4 Å². The Bertz CT molecular complexity index is 968. The number of hydrogen-bond acceptors (Lipinski definition) is 4. The summed E-state index contributed by atoms with van der Waals surface area (Å²) in [5, 5.41) is 2.76. The number of benzene rings is 2. The van der Waals surface area contributed by atoms with Gasteiger partial charge in [-0.15, -0.1) is 6.58 Å². The molecule has 1 aliphatic carbocycles. The zero-order chi connectivity index (χ0) is 31.7. The molecule has 2 atom stereocenters. The molecule has 0 saturated heterocycles. The van der Waals surface area contributed by atoms with Gasteiger partial charge in [-0.1, -0.05) is 102 Å². The Morgan fingerprint density at radius 3 is 1.77 bits per heavy atom. The fourth-order valence-corrected chi connectivity index (χ4v) is 3.17. The van der Waals surface area contributed by atoms with E-state index in [0.717, 1.165) is 25.7 Å². The summed E-state index contributed by atoms with van der Waals surface area (Å²) in [6, 6.07) is 16.6. The first-order valence-electron chi connectivity index (χ1n) is 14.5. The van der Waals surface area contributed by atoms with E-state index in [1.54, 1.807) is 20.9 Å². The number of nitrogens with one attached hydrogen (secondary N) is 1. The molecule has 1 aliphatic rings. The molecule has 5 heteroatoms. The van der Waals surface area contributed by atoms with E-state index in [0.29, 0.717) is 6.42 Å². The standard InChI is InChI=1S/C13H17NO.C8H10.C4H9NO.C4H8O.C4H8.C2H6/c1-9-4-5-10-7-13(2,12(15)14-3)8-11(10)6-9;1-2-8-6-4-3-5-7-8;1-3(5)4(2)6;1-3-4(2)5;1-3-4-2;1-2/h4-6H,7-8H2,1-3H3,(H,14,15);3-7H,2H2,1H3;3H,5H2,1-2H3;3H2,1-2H3;3H,1,4H2,2H3;1-2H3. The first kappa shape index (κ1) is 41.4. The van der Waals surface area contributed by atoms with Crippen LogP contribution in [0.25, 0.3) is 0 Å². The number of Topliss-reactive ketones (excluding diaryl/α,β-unsaturated/α-hetero) is 2. The fourth-order valence-electron chi connectivity index (χ4n) is 3.17. The largest absolute Gasteiger partial charge is 0.359 e. The number of hydrogen-bond donors (Lipinski definition) is 2. The van der Waals surface area contributed by atoms with Crippen molar-refractivity contribution in [3.05, 3.63) is 83.4 Å². The van der Waals surface area contributed by atoms with E-state index in [1.807, 2.05) is 39.8 Å². The van der Waals surface area contributed by atoms with Gasteiger partial charge in [0.15, 0.2) is 0 Å². The number of nitrogens with two attached hydrogens (primary N) is 1. The van der Waals surface area contributed by atoms with Crippen LogP contribution in [0.1, 0.15) is 97.4 Å². The van der Waals surface area contributed by atoms with Gasteiger partial charge in [0, 0.05) is 13.5 Å². The molecule has 0 saturated carbocycles. The lowest BCUT2D eigenvalue weighted by Gasteiger charge is -2.20. The van der Waals surface area contributed by atoms with Crippen molar-refractivity contribution in [2.24, 2.45) is 11.1 Å². The summed E-state index contributed by atoms with van der Waals surface area (Å²) in [6.45, 7) is 22.4. The van der Waals surface area contributed by atoms with Crippen LogP contribution in [-0.4, -0.2) is 30.6 Å². The minimum Gasteiger partial charge on any atom is -0.359 e. The van der Waals surface area contributed by atoms with Gasteiger partial charge in [-0.25, -0.2) is 0 Å². The topological polar surface area (TPSA) is 89.3 Å². The van der Waals surface area contributed by atoms with Gasteiger partial charge in [0.2, 0.25) is 5.91 Å². The monoisotopic (exact) mass is 554 g/mol. The highest BCUT2D eigenvalue weighted by Crippen LogP contribution is 2.37. The van der Waals surface area contributed by atoms with Crippen LogP contribution < -0.4 is 11.1 Å². The van der Waals surface area contributed by atoms with Gasteiger partial charge in [0.1, 0.15) is 11.6 Å². The van der Waals surface area contributed by atoms with Crippen molar-refractivity contribution < 1.29 is 14.4 Å². The minimum atomic E-state index is -0.287.